The van der Waals surface area contributed by atoms with Crippen LogP contribution >= 0.6 is 11.6 Å². The smallest absolute Gasteiger partial charge is 0.281 e. The highest BCUT2D eigenvalue weighted by Crippen LogP contribution is 2.27. The highest BCUT2D eigenvalue weighted by molar-refractivity contribution is 7.90. The number of ether oxygens (including phenoxy) is 1. The van der Waals surface area contributed by atoms with E-state index in [1.54, 1.807) is 0 Å². The minimum Gasteiger partial charge on any atom is -0.494 e. The second-order valence-electron chi connectivity index (χ2n) is 9.96. The highest BCUT2D eigenvalue weighted by atomic mass is 35.5. The maximum atomic E-state index is 13.1. The summed E-state index contributed by atoms with van der Waals surface area (Å²) in [6.45, 7) is 7.76. The Morgan fingerprint density at radius 1 is 1.05 bits per heavy atom. The van der Waals surface area contributed by atoms with Crippen LogP contribution in [0.2, 0.25) is 5.02 Å². The average molecular weight is 586 g/mol. The minimum absolute atomic E-state index is 0.129. The van der Waals surface area contributed by atoms with E-state index in [9.17, 15) is 18.0 Å². The Labute approximate surface area is 239 Å². The third-order valence-electron chi connectivity index (χ3n) is 7.15. The van der Waals surface area contributed by atoms with Crippen molar-refractivity contribution < 1.29 is 27.3 Å². The SMILES string of the molecule is CC1=C(C(=O)NCCS(=O)(=O)NC(=O)c2[nH]c3ccccc3c2CCCOc2cc(C)c(Cl)c(C)c2)C(C)=[N+]1C. The fraction of sp³-hybridized carbons (Fsp3) is 0.345. The number of para-hydroxylation sites is 1. The first-order chi connectivity index (χ1) is 18.9. The number of nitrogens with zero attached hydrogens (tertiary/aromatic N) is 1. The first-order valence-corrected chi connectivity index (χ1v) is 15.0. The van der Waals surface area contributed by atoms with Crippen LogP contribution in [0.3, 0.4) is 0 Å². The molecule has 2 amide bonds. The Kier molecular flexibility index (Phi) is 8.70. The fourth-order valence-electron chi connectivity index (χ4n) is 4.84. The van der Waals surface area contributed by atoms with Gasteiger partial charge in [0.1, 0.15) is 18.5 Å². The van der Waals surface area contributed by atoms with Crippen molar-refractivity contribution in [2.75, 3.05) is 26.0 Å². The lowest BCUT2D eigenvalue weighted by Gasteiger charge is -2.16. The first-order valence-electron chi connectivity index (χ1n) is 13.0. The second-order valence-corrected chi connectivity index (χ2v) is 12.2. The molecule has 0 aliphatic carbocycles. The zero-order valence-electron chi connectivity index (χ0n) is 23.3. The largest absolute Gasteiger partial charge is 0.494 e. The molecule has 4 rings (SSSR count). The van der Waals surface area contributed by atoms with Gasteiger partial charge in [0.25, 0.3) is 11.8 Å². The molecule has 3 N–H and O–H groups in total. The van der Waals surface area contributed by atoms with E-state index < -0.39 is 21.7 Å². The third kappa shape index (κ3) is 6.23. The van der Waals surface area contributed by atoms with E-state index >= 15 is 0 Å². The number of hydrogen-bond donors (Lipinski definition) is 3. The molecule has 2 heterocycles. The predicted octanol–water partition coefficient (Wildman–Crippen LogP) is 4.02. The Bertz CT molecular complexity index is 1650. The Balaban J connectivity index is 1.38. The molecule has 0 unspecified atom stereocenters. The summed E-state index contributed by atoms with van der Waals surface area (Å²) >= 11 is 6.24. The van der Waals surface area contributed by atoms with Gasteiger partial charge in [-0.1, -0.05) is 29.8 Å². The number of nitrogens with one attached hydrogen (secondary N) is 3. The van der Waals surface area contributed by atoms with Gasteiger partial charge < -0.3 is 15.0 Å². The van der Waals surface area contributed by atoms with Crippen molar-refractivity contribution in [1.82, 2.24) is 15.0 Å². The van der Waals surface area contributed by atoms with Crippen LogP contribution in [-0.2, 0) is 21.2 Å². The molecule has 11 heteroatoms. The Morgan fingerprint density at radius 3 is 2.40 bits per heavy atom. The summed E-state index contributed by atoms with van der Waals surface area (Å²) in [5.74, 6) is -0.794. The lowest BCUT2D eigenvalue weighted by molar-refractivity contribution is -0.456. The van der Waals surface area contributed by atoms with Crippen molar-refractivity contribution in [3.05, 3.63) is 75.1 Å². The van der Waals surface area contributed by atoms with Gasteiger partial charge in [0.2, 0.25) is 10.0 Å². The number of fused-ring (bicyclic) bond motifs is 1. The molecule has 3 aromatic rings. The first kappa shape index (κ1) is 29.4. The van der Waals surface area contributed by atoms with Crippen LogP contribution in [0, 0.1) is 13.8 Å². The molecule has 1 aliphatic heterocycles. The number of aromatic nitrogens is 1. The molecule has 2 aromatic carbocycles. The molecule has 9 nitrogen and oxygen atoms in total. The summed E-state index contributed by atoms with van der Waals surface area (Å²) in [5, 5.41) is 4.18. The van der Waals surface area contributed by atoms with Crippen LogP contribution < -0.4 is 14.8 Å². The predicted molar refractivity (Wildman–Crippen MR) is 157 cm³/mol. The molecule has 0 atom stereocenters. The number of aryl methyl sites for hydroxylation is 3. The molecule has 40 heavy (non-hydrogen) atoms. The molecule has 1 aromatic heterocycles. The lowest BCUT2D eigenvalue weighted by Crippen LogP contribution is -2.41. The van der Waals surface area contributed by atoms with Crippen molar-refractivity contribution in [2.45, 2.75) is 40.5 Å². The van der Waals surface area contributed by atoms with E-state index in [4.69, 9.17) is 16.3 Å². The zero-order valence-corrected chi connectivity index (χ0v) is 24.8. The fourth-order valence-corrected chi connectivity index (χ4v) is 5.80. The van der Waals surface area contributed by atoms with Gasteiger partial charge in [0, 0.05) is 36.3 Å². The molecule has 0 radical (unpaired) electrons. The quantitative estimate of drug-likeness (QED) is 0.232. The average Bonchev–Trinajstić information content (AvgIpc) is 3.28. The highest BCUT2D eigenvalue weighted by Gasteiger charge is 2.35. The van der Waals surface area contributed by atoms with Crippen molar-refractivity contribution in [3.63, 3.8) is 0 Å². The monoisotopic (exact) mass is 585 g/mol. The number of H-pyrrole nitrogens is 1. The summed E-state index contributed by atoms with van der Waals surface area (Å²) in [6, 6.07) is 11.2. The van der Waals surface area contributed by atoms with Gasteiger partial charge in [-0.15, -0.1) is 0 Å². The number of allylic oxidation sites excluding steroid dienone is 1. The van der Waals surface area contributed by atoms with Gasteiger partial charge in [-0.05, 0) is 61.6 Å². The maximum Gasteiger partial charge on any atom is 0.281 e. The number of sulfonamides is 1. The minimum atomic E-state index is -4.01. The summed E-state index contributed by atoms with van der Waals surface area (Å²) in [6.07, 6.45) is 1.09. The van der Waals surface area contributed by atoms with Crippen LogP contribution in [0.1, 0.15) is 47.4 Å². The normalized spacial score (nSPS) is 13.4. The third-order valence-corrected chi connectivity index (χ3v) is 8.99. The van der Waals surface area contributed by atoms with Crippen LogP contribution in [-0.4, -0.2) is 61.5 Å². The van der Waals surface area contributed by atoms with Gasteiger partial charge >= 0.3 is 0 Å². The Morgan fingerprint density at radius 2 is 1.73 bits per heavy atom. The van der Waals surface area contributed by atoms with Crippen molar-refractivity contribution >= 4 is 50.1 Å². The van der Waals surface area contributed by atoms with Gasteiger partial charge in [0.05, 0.1) is 12.4 Å². The summed E-state index contributed by atoms with van der Waals surface area (Å²) in [4.78, 5) is 28.6. The van der Waals surface area contributed by atoms with Crippen molar-refractivity contribution in [2.24, 2.45) is 0 Å². The van der Waals surface area contributed by atoms with Crippen LogP contribution in [0.4, 0.5) is 0 Å². The van der Waals surface area contributed by atoms with Crippen LogP contribution in [0.5, 0.6) is 5.75 Å². The van der Waals surface area contributed by atoms with Gasteiger partial charge in [-0.3, -0.25) is 9.59 Å². The number of aromatic amines is 1. The van der Waals surface area contributed by atoms with E-state index in [0.29, 0.717) is 35.6 Å². The van der Waals surface area contributed by atoms with E-state index in [-0.39, 0.29) is 18.1 Å². The molecule has 0 fully saturated rings. The molecular formula is C29H34ClN4O5S+. The zero-order chi connectivity index (χ0) is 29.2. The molecule has 0 bridgehead atoms. The van der Waals surface area contributed by atoms with E-state index in [1.165, 1.54) is 0 Å². The van der Waals surface area contributed by atoms with Gasteiger partial charge in [-0.2, -0.15) is 0 Å². The number of carbonyl (C=O) groups excluding carboxylic acids is 2. The lowest BCUT2D eigenvalue weighted by atomic mass is 10.0. The molecular weight excluding hydrogens is 552 g/mol. The number of carbonyl (C=O) groups is 2. The van der Waals surface area contributed by atoms with E-state index in [0.717, 1.165) is 39.2 Å². The molecule has 0 saturated carbocycles. The van der Waals surface area contributed by atoms with Gasteiger partial charge in [-0.25, -0.2) is 17.7 Å². The second kappa shape index (κ2) is 11.9. The number of amides is 2. The maximum absolute atomic E-state index is 13.1. The molecule has 0 spiro atoms. The van der Waals surface area contributed by atoms with Gasteiger partial charge in [0.15, 0.2) is 17.0 Å². The molecule has 0 saturated heterocycles. The summed E-state index contributed by atoms with van der Waals surface area (Å²) in [7, 11) is -2.15. The Hall–Kier alpha value is -3.63. The number of halogens is 1. The van der Waals surface area contributed by atoms with Crippen molar-refractivity contribution in [1.29, 1.82) is 0 Å². The number of rotatable bonds is 11. The van der Waals surface area contributed by atoms with Crippen LogP contribution in [0.25, 0.3) is 10.9 Å². The topological polar surface area (TPSA) is 120 Å². The van der Waals surface area contributed by atoms with E-state index in [2.05, 4.69) is 15.0 Å². The van der Waals surface area contributed by atoms with E-state index in [1.807, 2.05) is 75.7 Å². The number of benzene rings is 2. The number of hydrogen-bond acceptors (Lipinski definition) is 5. The standard InChI is InChI=1S/C29H33ClN4O5S/c1-17-15-21(16-18(2)26(17)30)39-13-8-10-23-22-9-6-7-11-24(22)32-27(23)29(36)33-40(37,38)14-12-31-28(35)25-19(3)34(5)20(25)4/h6-7,9,11,15-16H,8,10,12-14H2,1-5H3,(H2-,31,32,33,35,36)/p+1. The van der Waals surface area contributed by atoms with Crippen LogP contribution in [0.15, 0.2) is 47.7 Å². The summed E-state index contributed by atoms with van der Waals surface area (Å²) in [5.41, 5.74) is 5.70. The summed E-state index contributed by atoms with van der Waals surface area (Å²) < 4.78 is 35.3. The molecule has 212 valence electrons. The molecule has 1 aliphatic rings. The van der Waals surface area contributed by atoms with Crippen molar-refractivity contribution in [3.8, 4) is 5.75 Å².